The Morgan fingerprint density at radius 3 is 2.48 bits per heavy atom. The number of nitrogens with one attached hydrogen (secondary N) is 1. The lowest BCUT2D eigenvalue weighted by Crippen LogP contribution is -2.28. The van der Waals surface area contributed by atoms with Gasteiger partial charge in [-0.1, -0.05) is 12.1 Å². The van der Waals surface area contributed by atoms with Crippen molar-refractivity contribution in [2.24, 2.45) is 0 Å². The summed E-state index contributed by atoms with van der Waals surface area (Å²) in [6, 6.07) is 13.4. The first-order valence-electron chi connectivity index (χ1n) is 10.8. The molecule has 2 amide bonds. The lowest BCUT2D eigenvalue weighted by atomic mass is 10.1. The normalized spacial score (nSPS) is 12.8. The van der Waals surface area contributed by atoms with Gasteiger partial charge in [0, 0.05) is 36.1 Å². The molecular weight excluding hydrogens is 438 g/mol. The Labute approximate surface area is 197 Å². The molecule has 0 atom stereocenters. The third-order valence-corrected chi connectivity index (χ3v) is 6.43. The van der Waals surface area contributed by atoms with Crippen LogP contribution in [0.5, 0.6) is 11.5 Å². The van der Waals surface area contributed by atoms with E-state index in [0.29, 0.717) is 29.6 Å². The molecule has 1 aliphatic carbocycles. The number of rotatable bonds is 9. The van der Waals surface area contributed by atoms with Gasteiger partial charge in [0.05, 0.1) is 26.3 Å². The fourth-order valence-electron chi connectivity index (χ4n) is 3.40. The topological polar surface area (TPSA) is 80.8 Å². The third kappa shape index (κ3) is 5.70. The molecule has 1 fully saturated rings. The van der Waals surface area contributed by atoms with Gasteiger partial charge in [0.25, 0.3) is 5.91 Å². The monoisotopic (exact) mass is 465 g/mol. The molecular formula is C25H27N3O4S. The van der Waals surface area contributed by atoms with Crippen molar-refractivity contribution >= 4 is 23.2 Å². The van der Waals surface area contributed by atoms with Gasteiger partial charge in [-0.25, -0.2) is 4.98 Å². The third-order valence-electron chi connectivity index (χ3n) is 5.49. The quantitative estimate of drug-likeness (QED) is 0.518. The Hall–Kier alpha value is -3.39. The maximum atomic E-state index is 12.7. The molecule has 1 aliphatic rings. The van der Waals surface area contributed by atoms with Crippen molar-refractivity contribution < 1.29 is 19.1 Å². The van der Waals surface area contributed by atoms with E-state index in [1.165, 1.54) is 11.3 Å². The number of nitrogens with zero attached hydrogens (tertiary/aromatic N) is 2. The average molecular weight is 466 g/mol. The zero-order chi connectivity index (χ0) is 23.4. The van der Waals surface area contributed by atoms with Crippen molar-refractivity contribution in [2.75, 3.05) is 21.3 Å². The second kappa shape index (κ2) is 10.0. The summed E-state index contributed by atoms with van der Waals surface area (Å²) in [7, 11) is 4.97. The highest BCUT2D eigenvalue weighted by molar-refractivity contribution is 7.13. The number of ether oxygens (including phenoxy) is 2. The van der Waals surface area contributed by atoms with Gasteiger partial charge in [0.2, 0.25) is 5.91 Å². The minimum absolute atomic E-state index is 0.0188. The molecule has 0 aliphatic heterocycles. The van der Waals surface area contributed by atoms with E-state index in [9.17, 15) is 9.59 Å². The van der Waals surface area contributed by atoms with Crippen LogP contribution >= 0.6 is 11.3 Å². The van der Waals surface area contributed by atoms with Gasteiger partial charge in [-0.2, -0.15) is 0 Å². The Balaban J connectivity index is 1.34. The van der Waals surface area contributed by atoms with Crippen LogP contribution in [0.4, 0.5) is 0 Å². The standard InChI is InChI=1S/C25H27N3O4S/c1-28(14-16-4-6-17(7-5-16)24(30)26-19-9-10-19)23(29)13-20-15-33-25(27-20)18-8-11-21(31-2)22(12-18)32-3/h4-8,11-12,15,19H,9-10,13-14H2,1-3H3,(H,26,30). The summed E-state index contributed by atoms with van der Waals surface area (Å²) in [5.41, 5.74) is 3.26. The predicted octanol–water partition coefficient (Wildman–Crippen LogP) is 3.92. The molecule has 8 heteroatoms. The highest BCUT2D eigenvalue weighted by atomic mass is 32.1. The van der Waals surface area contributed by atoms with E-state index in [2.05, 4.69) is 10.3 Å². The molecule has 0 spiro atoms. The highest BCUT2D eigenvalue weighted by Crippen LogP contribution is 2.33. The number of hydrogen-bond acceptors (Lipinski definition) is 6. The van der Waals surface area contributed by atoms with E-state index >= 15 is 0 Å². The molecule has 1 saturated carbocycles. The Morgan fingerprint density at radius 2 is 1.82 bits per heavy atom. The van der Waals surface area contributed by atoms with Gasteiger partial charge >= 0.3 is 0 Å². The lowest BCUT2D eigenvalue weighted by molar-refractivity contribution is -0.129. The van der Waals surface area contributed by atoms with Crippen LogP contribution in [0.2, 0.25) is 0 Å². The van der Waals surface area contributed by atoms with E-state index in [0.717, 1.165) is 34.7 Å². The van der Waals surface area contributed by atoms with Gasteiger partial charge in [-0.3, -0.25) is 9.59 Å². The predicted molar refractivity (Wildman–Crippen MR) is 128 cm³/mol. The number of carbonyl (C=O) groups excluding carboxylic acids is 2. The van der Waals surface area contributed by atoms with Crippen molar-refractivity contribution in [1.29, 1.82) is 0 Å². The molecule has 0 bridgehead atoms. The summed E-state index contributed by atoms with van der Waals surface area (Å²) in [5.74, 6) is 1.24. The van der Waals surface area contributed by atoms with Gasteiger partial charge in [0.15, 0.2) is 11.5 Å². The minimum Gasteiger partial charge on any atom is -0.493 e. The molecule has 172 valence electrons. The summed E-state index contributed by atoms with van der Waals surface area (Å²) in [4.78, 5) is 31.2. The summed E-state index contributed by atoms with van der Waals surface area (Å²) in [6.07, 6.45) is 2.35. The molecule has 1 aromatic heterocycles. The molecule has 0 saturated heterocycles. The number of benzene rings is 2. The van der Waals surface area contributed by atoms with E-state index in [-0.39, 0.29) is 18.2 Å². The smallest absolute Gasteiger partial charge is 0.251 e. The molecule has 1 N–H and O–H groups in total. The number of methoxy groups -OCH3 is 2. The first-order valence-corrected chi connectivity index (χ1v) is 11.7. The Kier molecular flexibility index (Phi) is 6.93. The van der Waals surface area contributed by atoms with Crippen LogP contribution in [-0.4, -0.2) is 49.0 Å². The zero-order valence-electron chi connectivity index (χ0n) is 19.0. The minimum atomic E-state index is -0.0395. The first-order chi connectivity index (χ1) is 16.0. The van der Waals surface area contributed by atoms with Gasteiger partial charge in [-0.05, 0) is 48.7 Å². The van der Waals surface area contributed by atoms with Crippen molar-refractivity contribution in [1.82, 2.24) is 15.2 Å². The number of amides is 2. The summed E-state index contributed by atoms with van der Waals surface area (Å²) in [5, 5.41) is 5.71. The number of thiazole rings is 1. The molecule has 4 rings (SSSR count). The molecule has 7 nitrogen and oxygen atoms in total. The highest BCUT2D eigenvalue weighted by Gasteiger charge is 2.23. The summed E-state index contributed by atoms with van der Waals surface area (Å²) in [6.45, 7) is 0.468. The van der Waals surface area contributed by atoms with Crippen molar-refractivity contribution in [3.05, 3.63) is 64.7 Å². The van der Waals surface area contributed by atoms with Crippen LogP contribution in [-0.2, 0) is 17.8 Å². The van der Waals surface area contributed by atoms with Crippen LogP contribution in [0, 0.1) is 0 Å². The number of likely N-dealkylation sites (N-methyl/N-ethyl adjacent to an activating group) is 1. The SMILES string of the molecule is COc1ccc(-c2nc(CC(=O)N(C)Cc3ccc(C(=O)NC4CC4)cc3)cs2)cc1OC. The molecule has 0 unspecified atom stereocenters. The molecule has 33 heavy (non-hydrogen) atoms. The Bertz CT molecular complexity index is 1140. The van der Waals surface area contributed by atoms with Gasteiger partial charge < -0.3 is 19.7 Å². The van der Waals surface area contributed by atoms with Crippen molar-refractivity contribution in [2.45, 2.75) is 31.8 Å². The first kappa shape index (κ1) is 22.8. The van der Waals surface area contributed by atoms with E-state index < -0.39 is 0 Å². The van der Waals surface area contributed by atoms with Gasteiger partial charge in [-0.15, -0.1) is 11.3 Å². The number of aromatic nitrogens is 1. The fraction of sp³-hybridized carbons (Fsp3) is 0.320. The van der Waals surface area contributed by atoms with Crippen LogP contribution in [0.3, 0.4) is 0 Å². The van der Waals surface area contributed by atoms with E-state index in [4.69, 9.17) is 9.47 Å². The number of hydrogen-bond donors (Lipinski definition) is 1. The zero-order valence-corrected chi connectivity index (χ0v) is 19.8. The second-order valence-corrected chi connectivity index (χ2v) is 8.94. The van der Waals surface area contributed by atoms with E-state index in [1.54, 1.807) is 38.3 Å². The molecule has 3 aromatic rings. The lowest BCUT2D eigenvalue weighted by Gasteiger charge is -2.17. The van der Waals surface area contributed by atoms with E-state index in [1.807, 2.05) is 35.7 Å². The maximum Gasteiger partial charge on any atom is 0.251 e. The number of carbonyl (C=O) groups is 2. The van der Waals surface area contributed by atoms with Crippen LogP contribution in [0.25, 0.3) is 10.6 Å². The van der Waals surface area contributed by atoms with Crippen LogP contribution in [0.1, 0.15) is 34.5 Å². The molecule has 0 radical (unpaired) electrons. The average Bonchev–Trinajstić information content (AvgIpc) is 3.53. The van der Waals surface area contributed by atoms with Crippen LogP contribution < -0.4 is 14.8 Å². The summed E-state index contributed by atoms with van der Waals surface area (Å²) < 4.78 is 10.7. The molecule has 2 aromatic carbocycles. The van der Waals surface area contributed by atoms with Crippen molar-refractivity contribution in [3.63, 3.8) is 0 Å². The maximum absolute atomic E-state index is 12.7. The summed E-state index contributed by atoms with van der Waals surface area (Å²) >= 11 is 1.49. The Morgan fingerprint density at radius 1 is 1.09 bits per heavy atom. The van der Waals surface area contributed by atoms with Gasteiger partial charge in [0.1, 0.15) is 5.01 Å². The second-order valence-electron chi connectivity index (χ2n) is 8.08. The fourth-order valence-corrected chi connectivity index (χ4v) is 4.22. The van der Waals surface area contributed by atoms with Crippen molar-refractivity contribution in [3.8, 4) is 22.1 Å². The molecule has 1 heterocycles. The largest absolute Gasteiger partial charge is 0.493 e. The van der Waals surface area contributed by atoms with Crippen LogP contribution in [0.15, 0.2) is 47.8 Å².